The van der Waals surface area contributed by atoms with Gasteiger partial charge in [0.05, 0.1) is 18.5 Å². The molecule has 1 heterocycles. The molecule has 0 saturated carbocycles. The van der Waals surface area contributed by atoms with Crippen molar-refractivity contribution in [2.45, 2.75) is 6.92 Å². The molecule has 14 heavy (non-hydrogen) atoms. The fraction of sp³-hybridized carbons (Fsp3) is 0.333. The van der Waals surface area contributed by atoms with Gasteiger partial charge in [0.1, 0.15) is 5.82 Å². The summed E-state index contributed by atoms with van der Waals surface area (Å²) in [6.07, 6.45) is 1.09. The molecule has 0 aromatic carbocycles. The fourth-order valence-electron chi connectivity index (χ4n) is 0.901. The lowest BCUT2D eigenvalue weighted by molar-refractivity contribution is 0.168. The van der Waals surface area contributed by atoms with Crippen LogP contribution in [0.1, 0.15) is 6.92 Å². The van der Waals surface area contributed by atoms with Crippen LogP contribution < -0.4 is 10.6 Å². The van der Waals surface area contributed by atoms with E-state index in [2.05, 4.69) is 15.6 Å². The summed E-state index contributed by atoms with van der Waals surface area (Å²) in [6.45, 7) is 2.11. The Kier molecular flexibility index (Phi) is 3.72. The maximum atomic E-state index is 11.0. The Morgan fingerprint density at radius 1 is 1.57 bits per heavy atom. The van der Waals surface area contributed by atoms with Gasteiger partial charge in [-0.3, -0.25) is 5.32 Å². The molecule has 0 bridgehead atoms. The van der Waals surface area contributed by atoms with Crippen LogP contribution in [-0.2, 0) is 4.74 Å². The van der Waals surface area contributed by atoms with E-state index < -0.39 is 6.09 Å². The van der Waals surface area contributed by atoms with E-state index >= 15 is 0 Å². The Labute approximate surface area is 82.5 Å². The molecule has 5 nitrogen and oxygen atoms in total. The summed E-state index contributed by atoms with van der Waals surface area (Å²) in [5.74, 6) is 0.749. The Morgan fingerprint density at radius 3 is 2.86 bits per heavy atom. The number of nitrogens with one attached hydrogen (secondary N) is 2. The number of hydrogen-bond acceptors (Lipinski definition) is 4. The van der Waals surface area contributed by atoms with E-state index in [4.69, 9.17) is 4.74 Å². The largest absolute Gasteiger partial charge is 0.450 e. The monoisotopic (exact) mass is 195 g/mol. The molecule has 0 fully saturated rings. The predicted molar refractivity (Wildman–Crippen MR) is 54.4 cm³/mol. The van der Waals surface area contributed by atoms with E-state index in [0.29, 0.717) is 12.3 Å². The van der Waals surface area contributed by atoms with Crippen molar-refractivity contribution in [1.82, 2.24) is 4.98 Å². The number of pyridine rings is 1. The molecule has 76 valence electrons. The first kappa shape index (κ1) is 10.3. The van der Waals surface area contributed by atoms with Gasteiger partial charge in [0.15, 0.2) is 0 Å². The highest BCUT2D eigenvalue weighted by molar-refractivity contribution is 5.84. The molecule has 5 heteroatoms. The molecule has 0 aliphatic rings. The Balaban J connectivity index is 2.55. The summed E-state index contributed by atoms with van der Waals surface area (Å²) in [5, 5.41) is 5.42. The first-order chi connectivity index (χ1) is 6.76. The standard InChI is InChI=1S/C9H13N3O2/c1-3-14-9(13)12-7-4-5-8(10-2)11-6-7/h4-6H,3H2,1-2H3,(H,10,11)(H,12,13). The number of rotatable bonds is 3. The van der Waals surface area contributed by atoms with Crippen molar-refractivity contribution in [3.63, 3.8) is 0 Å². The summed E-state index contributed by atoms with van der Waals surface area (Å²) in [7, 11) is 1.78. The average molecular weight is 195 g/mol. The minimum Gasteiger partial charge on any atom is -0.450 e. The lowest BCUT2D eigenvalue weighted by atomic mass is 10.4. The van der Waals surface area contributed by atoms with Crippen LogP contribution in [0.5, 0.6) is 0 Å². The Bertz CT molecular complexity index is 297. The average Bonchev–Trinajstić information content (AvgIpc) is 2.19. The van der Waals surface area contributed by atoms with Gasteiger partial charge in [-0.1, -0.05) is 0 Å². The van der Waals surface area contributed by atoms with Gasteiger partial charge < -0.3 is 10.1 Å². The summed E-state index contributed by atoms with van der Waals surface area (Å²) >= 11 is 0. The van der Waals surface area contributed by atoms with E-state index in [-0.39, 0.29) is 0 Å². The van der Waals surface area contributed by atoms with Crippen LogP contribution in [0, 0.1) is 0 Å². The third-order valence-corrected chi connectivity index (χ3v) is 1.54. The molecule has 0 aliphatic heterocycles. The molecular formula is C9H13N3O2. The summed E-state index contributed by atoms with van der Waals surface area (Å²) < 4.78 is 4.71. The second kappa shape index (κ2) is 5.06. The SMILES string of the molecule is CCOC(=O)Nc1ccc(NC)nc1. The summed E-state index contributed by atoms with van der Waals surface area (Å²) in [4.78, 5) is 15.0. The molecular weight excluding hydrogens is 182 g/mol. The number of amides is 1. The summed E-state index contributed by atoms with van der Waals surface area (Å²) in [6, 6.07) is 3.51. The van der Waals surface area contributed by atoms with Crippen LogP contribution in [0.3, 0.4) is 0 Å². The maximum absolute atomic E-state index is 11.0. The maximum Gasteiger partial charge on any atom is 0.411 e. The molecule has 0 aliphatic carbocycles. The van der Waals surface area contributed by atoms with Crippen molar-refractivity contribution >= 4 is 17.6 Å². The normalized spacial score (nSPS) is 9.29. The van der Waals surface area contributed by atoms with E-state index in [0.717, 1.165) is 5.82 Å². The molecule has 2 N–H and O–H groups in total. The van der Waals surface area contributed by atoms with Crippen molar-refractivity contribution in [3.8, 4) is 0 Å². The zero-order valence-electron chi connectivity index (χ0n) is 8.20. The Hall–Kier alpha value is -1.78. The van der Waals surface area contributed by atoms with Gasteiger partial charge in [-0.25, -0.2) is 9.78 Å². The van der Waals surface area contributed by atoms with Crippen molar-refractivity contribution in [1.29, 1.82) is 0 Å². The quantitative estimate of drug-likeness (QED) is 0.770. The van der Waals surface area contributed by atoms with Gasteiger partial charge in [-0.15, -0.1) is 0 Å². The predicted octanol–water partition coefficient (Wildman–Crippen LogP) is 1.69. The molecule has 1 aromatic rings. The van der Waals surface area contributed by atoms with Crippen LogP contribution in [-0.4, -0.2) is 24.7 Å². The molecule has 0 radical (unpaired) electrons. The number of carbonyl (C=O) groups is 1. The smallest absolute Gasteiger partial charge is 0.411 e. The van der Waals surface area contributed by atoms with Crippen molar-refractivity contribution in [3.05, 3.63) is 18.3 Å². The molecule has 1 rings (SSSR count). The number of aromatic nitrogens is 1. The molecule has 0 unspecified atom stereocenters. The van der Waals surface area contributed by atoms with Gasteiger partial charge in [0.2, 0.25) is 0 Å². The third-order valence-electron chi connectivity index (χ3n) is 1.54. The zero-order chi connectivity index (χ0) is 10.4. The highest BCUT2D eigenvalue weighted by atomic mass is 16.5. The first-order valence-corrected chi connectivity index (χ1v) is 4.34. The lowest BCUT2D eigenvalue weighted by Gasteiger charge is -2.05. The van der Waals surface area contributed by atoms with Crippen LogP contribution in [0.4, 0.5) is 16.3 Å². The second-order valence-electron chi connectivity index (χ2n) is 2.53. The van der Waals surface area contributed by atoms with Gasteiger partial charge in [-0.2, -0.15) is 0 Å². The van der Waals surface area contributed by atoms with Crippen molar-refractivity contribution < 1.29 is 9.53 Å². The second-order valence-corrected chi connectivity index (χ2v) is 2.53. The highest BCUT2D eigenvalue weighted by Gasteiger charge is 2.01. The van der Waals surface area contributed by atoms with E-state index in [9.17, 15) is 4.79 Å². The lowest BCUT2D eigenvalue weighted by Crippen LogP contribution is -2.13. The number of anilines is 2. The topological polar surface area (TPSA) is 63.2 Å². The number of hydrogen-bond donors (Lipinski definition) is 2. The third kappa shape index (κ3) is 2.93. The number of ether oxygens (including phenoxy) is 1. The van der Waals surface area contributed by atoms with Crippen LogP contribution in [0.15, 0.2) is 18.3 Å². The zero-order valence-corrected chi connectivity index (χ0v) is 8.20. The summed E-state index contributed by atoms with van der Waals surface area (Å²) in [5.41, 5.74) is 0.613. The minimum atomic E-state index is -0.466. The first-order valence-electron chi connectivity index (χ1n) is 4.34. The van der Waals surface area contributed by atoms with Crippen molar-refractivity contribution in [2.75, 3.05) is 24.3 Å². The molecule has 0 atom stereocenters. The van der Waals surface area contributed by atoms with E-state index in [1.807, 2.05) is 0 Å². The van der Waals surface area contributed by atoms with Crippen LogP contribution in [0.25, 0.3) is 0 Å². The van der Waals surface area contributed by atoms with Gasteiger partial charge in [-0.05, 0) is 19.1 Å². The van der Waals surface area contributed by atoms with Gasteiger partial charge in [0.25, 0.3) is 0 Å². The highest BCUT2D eigenvalue weighted by Crippen LogP contribution is 2.08. The Morgan fingerprint density at radius 2 is 2.36 bits per heavy atom. The minimum absolute atomic E-state index is 0.355. The van der Waals surface area contributed by atoms with Gasteiger partial charge >= 0.3 is 6.09 Å². The van der Waals surface area contributed by atoms with Gasteiger partial charge in [0, 0.05) is 7.05 Å². The molecule has 0 spiro atoms. The number of carbonyl (C=O) groups excluding carboxylic acids is 1. The van der Waals surface area contributed by atoms with Crippen LogP contribution >= 0.6 is 0 Å². The van der Waals surface area contributed by atoms with E-state index in [1.54, 1.807) is 32.3 Å². The number of nitrogens with zero attached hydrogens (tertiary/aromatic N) is 1. The van der Waals surface area contributed by atoms with Crippen molar-refractivity contribution in [2.24, 2.45) is 0 Å². The fourth-order valence-corrected chi connectivity index (χ4v) is 0.901. The molecule has 1 amide bonds. The van der Waals surface area contributed by atoms with E-state index in [1.165, 1.54) is 0 Å². The molecule has 1 aromatic heterocycles. The van der Waals surface area contributed by atoms with Crippen LogP contribution in [0.2, 0.25) is 0 Å². The molecule has 0 saturated heterocycles.